The smallest absolute Gasteiger partial charge is 0.322 e. The fourth-order valence-corrected chi connectivity index (χ4v) is 2.54. The zero-order valence-electron chi connectivity index (χ0n) is 12.2. The zero-order valence-corrected chi connectivity index (χ0v) is 14.4. The summed E-state index contributed by atoms with van der Waals surface area (Å²) in [4.78, 5) is 20.1. The molecule has 0 bridgehead atoms. The second kappa shape index (κ2) is 7.35. The Morgan fingerprint density at radius 3 is 2.42 bits per heavy atom. The van der Waals surface area contributed by atoms with Crippen LogP contribution in [-0.4, -0.2) is 15.9 Å². The highest BCUT2D eigenvalue weighted by Gasteiger charge is 2.10. The molecule has 2 aromatic carbocycles. The number of carbonyl (C=O) groups is 1. The molecule has 0 saturated heterocycles. The summed E-state index contributed by atoms with van der Waals surface area (Å²) in [6, 6.07) is 13.2. The summed E-state index contributed by atoms with van der Waals surface area (Å²) in [6.07, 6.45) is 2.80. The van der Waals surface area contributed by atoms with Crippen LogP contribution < -0.4 is 10.1 Å². The van der Waals surface area contributed by atoms with Crippen LogP contribution in [0.5, 0.6) is 11.8 Å². The molecule has 0 spiro atoms. The molecule has 3 rings (SSSR count). The summed E-state index contributed by atoms with van der Waals surface area (Å²) >= 11 is 2.09. The van der Waals surface area contributed by atoms with Gasteiger partial charge >= 0.3 is 6.01 Å². The van der Waals surface area contributed by atoms with Gasteiger partial charge in [0.05, 0.1) is 23.6 Å². The number of hydrogen-bond donors (Lipinski definition) is 1. The molecule has 0 unspecified atom stereocenters. The van der Waals surface area contributed by atoms with Crippen LogP contribution >= 0.6 is 22.6 Å². The first kappa shape index (κ1) is 16.3. The van der Waals surface area contributed by atoms with E-state index in [1.165, 1.54) is 24.5 Å². The lowest BCUT2D eigenvalue weighted by Crippen LogP contribution is -2.13. The van der Waals surface area contributed by atoms with E-state index in [2.05, 4.69) is 37.9 Å². The molecule has 1 amide bonds. The third-order valence-electron chi connectivity index (χ3n) is 3.04. The predicted octanol–water partition coefficient (Wildman–Crippen LogP) is 4.26. The molecule has 0 aliphatic carbocycles. The molecule has 1 aromatic heterocycles. The number of benzene rings is 2. The molecule has 0 atom stereocenters. The number of anilines is 1. The highest BCUT2D eigenvalue weighted by atomic mass is 127. The molecule has 0 radical (unpaired) electrons. The van der Waals surface area contributed by atoms with Crippen molar-refractivity contribution in [3.05, 3.63) is 75.9 Å². The molecule has 1 N–H and O–H groups in total. The van der Waals surface area contributed by atoms with Gasteiger partial charge in [0.1, 0.15) is 0 Å². The molecular formula is C17H11FIN3O2. The summed E-state index contributed by atoms with van der Waals surface area (Å²) in [6.45, 7) is 0. The Balaban J connectivity index is 1.70. The number of nitrogens with one attached hydrogen (secondary N) is 1. The van der Waals surface area contributed by atoms with Crippen LogP contribution in [0.25, 0.3) is 0 Å². The van der Waals surface area contributed by atoms with Gasteiger partial charge in [-0.3, -0.25) is 4.79 Å². The number of nitrogens with zero attached hydrogens (tertiary/aromatic N) is 2. The van der Waals surface area contributed by atoms with Crippen molar-refractivity contribution < 1.29 is 13.9 Å². The lowest BCUT2D eigenvalue weighted by atomic mass is 10.2. The van der Waals surface area contributed by atoms with Crippen molar-refractivity contribution in [3.8, 4) is 11.8 Å². The standard InChI is InChI=1S/C17H11FIN3O2/c18-13-6-2-4-8-15(13)24-17-20-9-11(10-21-17)22-16(23)12-5-1-3-7-14(12)19/h1-10H,(H,22,23). The summed E-state index contributed by atoms with van der Waals surface area (Å²) in [7, 11) is 0. The van der Waals surface area contributed by atoms with Crippen LogP contribution in [0.15, 0.2) is 60.9 Å². The highest BCUT2D eigenvalue weighted by Crippen LogP contribution is 2.21. The summed E-state index contributed by atoms with van der Waals surface area (Å²) in [5.74, 6) is -0.725. The van der Waals surface area contributed by atoms with E-state index in [0.29, 0.717) is 11.3 Å². The van der Waals surface area contributed by atoms with E-state index in [1.807, 2.05) is 12.1 Å². The van der Waals surface area contributed by atoms with Crippen molar-refractivity contribution >= 4 is 34.2 Å². The molecule has 0 fully saturated rings. The molecule has 120 valence electrons. The number of para-hydroxylation sites is 1. The van der Waals surface area contributed by atoms with Crippen molar-refractivity contribution in [3.63, 3.8) is 0 Å². The number of halogens is 2. The van der Waals surface area contributed by atoms with E-state index in [9.17, 15) is 9.18 Å². The first-order chi connectivity index (χ1) is 11.6. The maximum absolute atomic E-state index is 13.5. The van der Waals surface area contributed by atoms with Crippen LogP contribution in [0.1, 0.15) is 10.4 Å². The quantitative estimate of drug-likeness (QED) is 0.622. The van der Waals surface area contributed by atoms with Gasteiger partial charge in [0.2, 0.25) is 0 Å². The number of aromatic nitrogens is 2. The number of rotatable bonds is 4. The Kier molecular flexibility index (Phi) is 4.99. The fourth-order valence-electron chi connectivity index (χ4n) is 1.90. The Morgan fingerprint density at radius 1 is 1.04 bits per heavy atom. The Labute approximate surface area is 151 Å². The Bertz CT molecular complexity index is 872. The molecule has 3 aromatic rings. The van der Waals surface area contributed by atoms with Crippen molar-refractivity contribution in [2.75, 3.05) is 5.32 Å². The lowest BCUT2D eigenvalue weighted by Gasteiger charge is -2.07. The first-order valence-electron chi connectivity index (χ1n) is 6.94. The van der Waals surface area contributed by atoms with Gasteiger partial charge in [-0.1, -0.05) is 24.3 Å². The van der Waals surface area contributed by atoms with Gasteiger partial charge in [-0.2, -0.15) is 0 Å². The maximum atomic E-state index is 13.5. The minimum Gasteiger partial charge on any atom is -0.421 e. The van der Waals surface area contributed by atoms with Crippen molar-refractivity contribution in [1.82, 2.24) is 9.97 Å². The Hall–Kier alpha value is -2.55. The molecule has 0 aliphatic rings. The van der Waals surface area contributed by atoms with E-state index >= 15 is 0 Å². The SMILES string of the molecule is O=C(Nc1cnc(Oc2ccccc2F)nc1)c1ccccc1I. The van der Waals surface area contributed by atoms with E-state index in [1.54, 1.807) is 24.3 Å². The van der Waals surface area contributed by atoms with Crippen molar-refractivity contribution in [1.29, 1.82) is 0 Å². The summed E-state index contributed by atoms with van der Waals surface area (Å²) < 4.78 is 19.6. The molecule has 24 heavy (non-hydrogen) atoms. The van der Waals surface area contributed by atoms with Crippen LogP contribution in [0, 0.1) is 9.39 Å². The molecule has 7 heteroatoms. The van der Waals surface area contributed by atoms with E-state index in [4.69, 9.17) is 4.74 Å². The molecular weight excluding hydrogens is 424 g/mol. The Morgan fingerprint density at radius 2 is 1.71 bits per heavy atom. The number of carbonyl (C=O) groups excluding carboxylic acids is 1. The van der Waals surface area contributed by atoms with E-state index in [0.717, 1.165) is 3.57 Å². The van der Waals surface area contributed by atoms with E-state index in [-0.39, 0.29) is 17.7 Å². The van der Waals surface area contributed by atoms with Crippen LogP contribution in [0.4, 0.5) is 10.1 Å². The minimum absolute atomic E-state index is 0.00705. The third kappa shape index (κ3) is 3.85. The van der Waals surface area contributed by atoms with Crippen LogP contribution in [0.2, 0.25) is 0 Å². The fraction of sp³-hybridized carbons (Fsp3) is 0. The third-order valence-corrected chi connectivity index (χ3v) is 3.98. The van der Waals surface area contributed by atoms with E-state index < -0.39 is 5.82 Å². The topological polar surface area (TPSA) is 64.1 Å². The number of amides is 1. The largest absolute Gasteiger partial charge is 0.421 e. The van der Waals surface area contributed by atoms with Gasteiger partial charge < -0.3 is 10.1 Å². The average molecular weight is 435 g/mol. The van der Waals surface area contributed by atoms with Gasteiger partial charge in [-0.05, 0) is 46.9 Å². The molecule has 1 heterocycles. The number of hydrogen-bond acceptors (Lipinski definition) is 4. The second-order valence-electron chi connectivity index (χ2n) is 4.72. The molecule has 5 nitrogen and oxygen atoms in total. The lowest BCUT2D eigenvalue weighted by molar-refractivity contribution is 0.102. The molecule has 0 aliphatic heterocycles. The maximum Gasteiger partial charge on any atom is 0.322 e. The minimum atomic E-state index is -0.503. The average Bonchev–Trinajstić information content (AvgIpc) is 2.59. The van der Waals surface area contributed by atoms with Gasteiger partial charge in [-0.15, -0.1) is 0 Å². The normalized spacial score (nSPS) is 10.2. The predicted molar refractivity (Wildman–Crippen MR) is 95.6 cm³/mol. The van der Waals surface area contributed by atoms with Gasteiger partial charge in [0, 0.05) is 3.57 Å². The second-order valence-corrected chi connectivity index (χ2v) is 5.88. The zero-order chi connectivity index (χ0) is 16.9. The summed E-state index contributed by atoms with van der Waals surface area (Å²) in [5, 5.41) is 2.70. The van der Waals surface area contributed by atoms with Crippen LogP contribution in [-0.2, 0) is 0 Å². The number of ether oxygens (including phenoxy) is 1. The molecule has 0 saturated carbocycles. The van der Waals surface area contributed by atoms with Gasteiger partial charge in [-0.25, -0.2) is 14.4 Å². The first-order valence-corrected chi connectivity index (χ1v) is 8.01. The van der Waals surface area contributed by atoms with Gasteiger partial charge in [0.15, 0.2) is 11.6 Å². The van der Waals surface area contributed by atoms with Crippen molar-refractivity contribution in [2.45, 2.75) is 0 Å². The summed E-state index contributed by atoms with van der Waals surface area (Å²) in [5.41, 5.74) is 0.977. The van der Waals surface area contributed by atoms with Crippen molar-refractivity contribution in [2.24, 2.45) is 0 Å². The van der Waals surface area contributed by atoms with Crippen LogP contribution in [0.3, 0.4) is 0 Å². The highest BCUT2D eigenvalue weighted by molar-refractivity contribution is 14.1. The monoisotopic (exact) mass is 435 g/mol. The van der Waals surface area contributed by atoms with Gasteiger partial charge in [0.25, 0.3) is 5.91 Å².